The van der Waals surface area contributed by atoms with Crippen LogP contribution < -0.4 is 5.43 Å². The normalized spacial score (nSPS) is 11.0. The molecule has 0 fully saturated rings. The minimum Gasteiger partial charge on any atom is -0.465 e. The molecule has 3 rings (SSSR count). The van der Waals surface area contributed by atoms with E-state index >= 15 is 0 Å². The van der Waals surface area contributed by atoms with Crippen molar-refractivity contribution < 1.29 is 9.53 Å². The second-order valence-corrected chi connectivity index (χ2v) is 4.87. The largest absolute Gasteiger partial charge is 0.465 e. The third kappa shape index (κ3) is 2.00. The molecule has 0 saturated carbocycles. The van der Waals surface area contributed by atoms with Crippen LogP contribution in [-0.4, -0.2) is 18.1 Å². The predicted molar refractivity (Wildman–Crippen MR) is 82.8 cm³/mol. The molecule has 1 aromatic heterocycles. The van der Waals surface area contributed by atoms with Gasteiger partial charge in [0.2, 0.25) is 0 Å². The average Bonchev–Trinajstić information content (AvgIpc) is 2.53. The highest BCUT2D eigenvalue weighted by Gasteiger charge is 2.16. The zero-order chi connectivity index (χ0) is 15.0. The average molecular weight is 281 g/mol. The minimum atomic E-state index is -0.450. The Morgan fingerprint density at radius 1 is 1.19 bits per heavy atom. The van der Waals surface area contributed by atoms with Crippen LogP contribution in [0.15, 0.2) is 41.2 Å². The summed E-state index contributed by atoms with van der Waals surface area (Å²) >= 11 is 0. The van der Waals surface area contributed by atoms with Gasteiger partial charge in [0.1, 0.15) is 0 Å². The lowest BCUT2D eigenvalue weighted by atomic mass is 9.99. The first-order valence-corrected chi connectivity index (χ1v) is 6.82. The number of esters is 1. The van der Waals surface area contributed by atoms with Gasteiger partial charge in [0, 0.05) is 10.9 Å². The zero-order valence-electron chi connectivity index (χ0n) is 11.9. The zero-order valence-corrected chi connectivity index (χ0v) is 11.9. The number of carbonyl (C=O) groups excluding carboxylic acids is 1. The first kappa shape index (κ1) is 13.4. The summed E-state index contributed by atoms with van der Waals surface area (Å²) in [7, 11) is 1.33. The third-order valence-corrected chi connectivity index (χ3v) is 3.74. The first-order chi connectivity index (χ1) is 10.2. The number of hydrogen-bond acceptors (Lipinski definition) is 3. The number of aromatic amines is 1. The second kappa shape index (κ2) is 5.05. The summed E-state index contributed by atoms with van der Waals surface area (Å²) in [4.78, 5) is 27.9. The highest BCUT2D eigenvalue weighted by atomic mass is 16.5. The van der Waals surface area contributed by atoms with E-state index in [1.165, 1.54) is 7.11 Å². The van der Waals surface area contributed by atoms with Crippen molar-refractivity contribution in [2.75, 3.05) is 7.11 Å². The van der Waals surface area contributed by atoms with Crippen LogP contribution in [0.3, 0.4) is 0 Å². The number of methoxy groups -OCH3 is 1. The van der Waals surface area contributed by atoms with Crippen molar-refractivity contribution in [2.24, 2.45) is 0 Å². The van der Waals surface area contributed by atoms with Gasteiger partial charge in [-0.2, -0.15) is 0 Å². The van der Waals surface area contributed by atoms with E-state index < -0.39 is 5.97 Å². The second-order valence-electron chi connectivity index (χ2n) is 4.87. The maximum Gasteiger partial charge on any atom is 0.339 e. The summed E-state index contributed by atoms with van der Waals surface area (Å²) in [5.74, 6) is -0.450. The summed E-state index contributed by atoms with van der Waals surface area (Å²) in [6.45, 7) is 1.99. The van der Waals surface area contributed by atoms with Gasteiger partial charge in [-0.05, 0) is 30.2 Å². The number of fused-ring (bicyclic) bond motifs is 2. The molecule has 0 bridgehead atoms. The Hall–Kier alpha value is -2.62. The number of rotatable bonds is 2. The first-order valence-electron chi connectivity index (χ1n) is 6.82. The molecular weight excluding hydrogens is 266 g/mol. The summed E-state index contributed by atoms with van der Waals surface area (Å²) in [5, 5.41) is 1.20. The van der Waals surface area contributed by atoms with Crippen molar-refractivity contribution in [1.82, 2.24) is 4.98 Å². The molecule has 106 valence electrons. The van der Waals surface area contributed by atoms with Crippen molar-refractivity contribution in [2.45, 2.75) is 13.3 Å². The molecule has 0 atom stereocenters. The molecule has 3 aromatic rings. The monoisotopic (exact) mass is 281 g/mol. The van der Waals surface area contributed by atoms with Gasteiger partial charge in [-0.1, -0.05) is 25.1 Å². The van der Waals surface area contributed by atoms with E-state index in [0.29, 0.717) is 27.4 Å². The Morgan fingerprint density at radius 2 is 1.95 bits per heavy atom. The van der Waals surface area contributed by atoms with E-state index in [1.807, 2.05) is 31.2 Å². The van der Waals surface area contributed by atoms with Crippen LogP contribution >= 0.6 is 0 Å². The van der Waals surface area contributed by atoms with Gasteiger partial charge < -0.3 is 9.72 Å². The lowest BCUT2D eigenvalue weighted by molar-refractivity contribution is 0.0603. The number of aryl methyl sites for hydroxylation is 1. The van der Waals surface area contributed by atoms with E-state index in [4.69, 9.17) is 4.74 Å². The van der Waals surface area contributed by atoms with Crippen molar-refractivity contribution in [3.05, 3.63) is 57.7 Å². The van der Waals surface area contributed by atoms with Gasteiger partial charge in [-0.25, -0.2) is 4.79 Å². The summed E-state index contributed by atoms with van der Waals surface area (Å²) in [5.41, 5.74) is 2.51. The molecule has 0 radical (unpaired) electrons. The number of hydrogen-bond donors (Lipinski definition) is 1. The number of H-pyrrole nitrogens is 1. The van der Waals surface area contributed by atoms with Crippen LogP contribution in [-0.2, 0) is 11.2 Å². The third-order valence-electron chi connectivity index (χ3n) is 3.74. The number of ether oxygens (including phenoxy) is 1. The van der Waals surface area contributed by atoms with Gasteiger partial charge in [-0.15, -0.1) is 0 Å². The highest BCUT2D eigenvalue weighted by Crippen LogP contribution is 2.22. The predicted octanol–water partition coefficient (Wildman–Crippen LogP) is 3.03. The molecule has 4 heteroatoms. The molecule has 1 heterocycles. The number of nitrogens with one attached hydrogen (secondary N) is 1. The SMILES string of the molecule is CCc1ccc(C(=O)OC)c2[nH]c3ccccc3c(=O)c12. The fourth-order valence-corrected chi connectivity index (χ4v) is 2.67. The molecule has 1 N–H and O–H groups in total. The van der Waals surface area contributed by atoms with Gasteiger partial charge in [-0.3, -0.25) is 4.79 Å². The van der Waals surface area contributed by atoms with Crippen LogP contribution in [0.2, 0.25) is 0 Å². The molecule has 4 nitrogen and oxygen atoms in total. The summed E-state index contributed by atoms with van der Waals surface area (Å²) in [6, 6.07) is 10.8. The van der Waals surface area contributed by atoms with Gasteiger partial charge in [0.15, 0.2) is 5.43 Å². The molecule has 21 heavy (non-hydrogen) atoms. The molecule has 0 spiro atoms. The Kier molecular flexibility index (Phi) is 3.22. The van der Waals surface area contributed by atoms with Crippen LogP contribution in [0.5, 0.6) is 0 Å². The maximum absolute atomic E-state index is 12.8. The van der Waals surface area contributed by atoms with Crippen LogP contribution in [0.25, 0.3) is 21.8 Å². The number of pyridine rings is 1. The topological polar surface area (TPSA) is 59.2 Å². The molecule has 0 aliphatic heterocycles. The minimum absolute atomic E-state index is 0.0537. The number of benzene rings is 2. The molecule has 0 aliphatic rings. The molecule has 0 saturated heterocycles. The van der Waals surface area contributed by atoms with E-state index in [0.717, 1.165) is 12.0 Å². The summed E-state index contributed by atoms with van der Waals surface area (Å²) in [6.07, 6.45) is 0.722. The Morgan fingerprint density at radius 3 is 2.67 bits per heavy atom. The van der Waals surface area contributed by atoms with Crippen LogP contribution in [0.4, 0.5) is 0 Å². The van der Waals surface area contributed by atoms with Gasteiger partial charge in [0.25, 0.3) is 0 Å². The number of carbonyl (C=O) groups is 1. The van der Waals surface area contributed by atoms with Crippen LogP contribution in [0, 0.1) is 0 Å². The van der Waals surface area contributed by atoms with E-state index in [9.17, 15) is 9.59 Å². The Balaban J connectivity index is 2.55. The quantitative estimate of drug-likeness (QED) is 0.580. The molecule has 2 aromatic carbocycles. The van der Waals surface area contributed by atoms with Gasteiger partial charge in [0.05, 0.1) is 23.6 Å². The number of para-hydroxylation sites is 1. The van der Waals surface area contributed by atoms with Gasteiger partial charge >= 0.3 is 5.97 Å². The Labute approximate surface area is 121 Å². The van der Waals surface area contributed by atoms with Crippen molar-refractivity contribution in [3.63, 3.8) is 0 Å². The van der Waals surface area contributed by atoms with Crippen molar-refractivity contribution >= 4 is 27.8 Å². The lowest BCUT2D eigenvalue weighted by Crippen LogP contribution is -2.11. The maximum atomic E-state index is 12.8. The van der Waals surface area contributed by atoms with Crippen LogP contribution in [0.1, 0.15) is 22.8 Å². The fourth-order valence-electron chi connectivity index (χ4n) is 2.67. The smallest absolute Gasteiger partial charge is 0.339 e. The summed E-state index contributed by atoms with van der Waals surface area (Å²) < 4.78 is 4.81. The molecule has 0 amide bonds. The van der Waals surface area contributed by atoms with E-state index in [2.05, 4.69) is 4.98 Å². The van der Waals surface area contributed by atoms with Crippen molar-refractivity contribution in [1.29, 1.82) is 0 Å². The number of aromatic nitrogens is 1. The Bertz CT molecular complexity index is 909. The molecule has 0 unspecified atom stereocenters. The standard InChI is InChI=1S/C17H15NO3/c1-3-10-8-9-12(17(20)21-2)15-14(10)16(19)11-6-4-5-7-13(11)18-15/h4-9H,3H2,1-2H3,(H,18,19). The lowest BCUT2D eigenvalue weighted by Gasteiger charge is -2.10. The fraction of sp³-hybridized carbons (Fsp3) is 0.176. The van der Waals surface area contributed by atoms with E-state index in [-0.39, 0.29) is 5.43 Å². The molecular formula is C17H15NO3. The highest BCUT2D eigenvalue weighted by molar-refractivity contribution is 6.06. The molecule has 0 aliphatic carbocycles. The van der Waals surface area contributed by atoms with E-state index in [1.54, 1.807) is 12.1 Å². The van der Waals surface area contributed by atoms with Crippen molar-refractivity contribution in [3.8, 4) is 0 Å².